The molecule has 1 aromatic rings. The van der Waals surface area contributed by atoms with Gasteiger partial charge in [-0.25, -0.2) is 0 Å². The number of rotatable bonds is 1. The van der Waals surface area contributed by atoms with Gasteiger partial charge in [0.25, 0.3) is 5.91 Å². The molecule has 0 aromatic carbocycles. The van der Waals surface area contributed by atoms with E-state index in [1.54, 1.807) is 17.2 Å². The van der Waals surface area contributed by atoms with E-state index < -0.39 is 0 Å². The molecule has 2 fully saturated rings. The molecule has 0 N–H and O–H groups in total. The maximum absolute atomic E-state index is 12.8. The quantitative estimate of drug-likeness (QED) is 0.770. The third kappa shape index (κ3) is 3.26. The highest BCUT2D eigenvalue weighted by molar-refractivity contribution is 6.30. The number of likely N-dealkylation sites (N-methyl/N-ethyl adjacent to an activating group) is 1. The Labute approximate surface area is 147 Å². The summed E-state index contributed by atoms with van der Waals surface area (Å²) in [6.45, 7) is 2.84. The van der Waals surface area contributed by atoms with E-state index in [-0.39, 0.29) is 17.4 Å². The fraction of sp³-hybridized carbons (Fsp3) is 0.588. The first-order valence-electron chi connectivity index (χ1n) is 8.26. The zero-order valence-corrected chi connectivity index (χ0v) is 14.9. The largest absolute Gasteiger partial charge is 0.346 e. The predicted molar refractivity (Wildman–Crippen MR) is 92.0 cm³/mol. The second kappa shape index (κ2) is 6.69. The van der Waals surface area contributed by atoms with Gasteiger partial charge in [-0.05, 0) is 26.0 Å². The minimum atomic E-state index is -0.139. The molecule has 1 aromatic heterocycles. The van der Waals surface area contributed by atoms with Crippen molar-refractivity contribution < 1.29 is 9.59 Å². The summed E-state index contributed by atoms with van der Waals surface area (Å²) in [5, 5.41) is 0.464. The maximum atomic E-state index is 12.8. The molecule has 3 heterocycles. The fourth-order valence-corrected chi connectivity index (χ4v) is 3.82. The summed E-state index contributed by atoms with van der Waals surface area (Å²) in [5.74, 6) is 0.143. The lowest BCUT2D eigenvalue weighted by Crippen LogP contribution is -2.62. The van der Waals surface area contributed by atoms with Gasteiger partial charge in [-0.2, -0.15) is 0 Å². The van der Waals surface area contributed by atoms with Crippen molar-refractivity contribution in [3.05, 3.63) is 29.0 Å². The molecule has 1 spiro atoms. The van der Waals surface area contributed by atoms with E-state index >= 15 is 0 Å². The third-order valence-corrected chi connectivity index (χ3v) is 5.59. The monoisotopic (exact) mass is 350 g/mol. The standard InChI is InChI=1S/C17H23ClN4O2/c1-20-6-5-17(4-3-15(20)23)12-22(8-7-21(17)2)16(24)13-9-14(18)11-19-10-13/h9-11H,3-8,12H2,1-2H3/t17-/m0/s1. The summed E-state index contributed by atoms with van der Waals surface area (Å²) in [7, 11) is 3.95. The van der Waals surface area contributed by atoms with Gasteiger partial charge in [-0.1, -0.05) is 11.6 Å². The summed E-state index contributed by atoms with van der Waals surface area (Å²) in [4.78, 5) is 34.9. The van der Waals surface area contributed by atoms with E-state index in [4.69, 9.17) is 11.6 Å². The van der Waals surface area contributed by atoms with Gasteiger partial charge in [0.05, 0.1) is 10.6 Å². The molecule has 0 aliphatic carbocycles. The van der Waals surface area contributed by atoms with Crippen molar-refractivity contribution in [1.29, 1.82) is 0 Å². The molecule has 0 radical (unpaired) electrons. The second-order valence-electron chi connectivity index (χ2n) is 6.83. The highest BCUT2D eigenvalue weighted by Gasteiger charge is 2.43. The molecule has 2 amide bonds. The lowest BCUT2D eigenvalue weighted by Gasteiger charge is -2.49. The number of hydrogen-bond donors (Lipinski definition) is 0. The number of nitrogens with zero attached hydrogens (tertiary/aromatic N) is 4. The lowest BCUT2D eigenvalue weighted by molar-refractivity contribution is -0.129. The number of halogens is 1. The van der Waals surface area contributed by atoms with Crippen molar-refractivity contribution in [3.63, 3.8) is 0 Å². The van der Waals surface area contributed by atoms with Gasteiger partial charge >= 0.3 is 0 Å². The number of likely N-dealkylation sites (tertiary alicyclic amines) is 1. The molecule has 2 saturated heterocycles. The topological polar surface area (TPSA) is 56.8 Å². The summed E-state index contributed by atoms with van der Waals surface area (Å²) < 4.78 is 0. The van der Waals surface area contributed by atoms with Crippen LogP contribution in [0.1, 0.15) is 29.6 Å². The maximum Gasteiger partial charge on any atom is 0.255 e. The summed E-state index contributed by atoms with van der Waals surface area (Å²) in [6.07, 6.45) is 5.27. The number of hydrogen-bond acceptors (Lipinski definition) is 4. The van der Waals surface area contributed by atoms with Crippen LogP contribution in [-0.4, -0.2) is 77.3 Å². The van der Waals surface area contributed by atoms with Crippen molar-refractivity contribution in [3.8, 4) is 0 Å². The van der Waals surface area contributed by atoms with Gasteiger partial charge < -0.3 is 9.80 Å². The first-order chi connectivity index (χ1) is 11.4. The van der Waals surface area contributed by atoms with E-state index in [1.807, 2.05) is 11.9 Å². The molecule has 1 atom stereocenters. The molecule has 2 aliphatic heterocycles. The first-order valence-corrected chi connectivity index (χ1v) is 8.64. The van der Waals surface area contributed by atoms with Crippen LogP contribution < -0.4 is 0 Å². The summed E-state index contributed by atoms with van der Waals surface area (Å²) >= 11 is 5.96. The van der Waals surface area contributed by atoms with E-state index in [1.165, 1.54) is 6.20 Å². The Balaban J connectivity index is 1.80. The zero-order chi connectivity index (χ0) is 17.3. The van der Waals surface area contributed by atoms with Crippen LogP contribution in [0.3, 0.4) is 0 Å². The molecule has 24 heavy (non-hydrogen) atoms. The molecular formula is C17H23ClN4O2. The number of carbonyl (C=O) groups excluding carboxylic acids is 2. The van der Waals surface area contributed by atoms with Gasteiger partial charge in [0.2, 0.25) is 5.91 Å². The number of piperazine rings is 1. The average molecular weight is 351 g/mol. The Morgan fingerprint density at radius 1 is 1.21 bits per heavy atom. The van der Waals surface area contributed by atoms with Crippen LogP contribution in [-0.2, 0) is 4.79 Å². The van der Waals surface area contributed by atoms with Gasteiger partial charge in [0.15, 0.2) is 0 Å². The number of amides is 2. The Morgan fingerprint density at radius 3 is 2.75 bits per heavy atom. The minimum Gasteiger partial charge on any atom is -0.346 e. The second-order valence-corrected chi connectivity index (χ2v) is 7.27. The van der Waals surface area contributed by atoms with Crippen LogP contribution in [0.4, 0.5) is 0 Å². The Morgan fingerprint density at radius 2 is 2.00 bits per heavy atom. The van der Waals surface area contributed by atoms with Crippen LogP contribution in [0.25, 0.3) is 0 Å². The number of carbonyl (C=O) groups is 2. The molecule has 6 nitrogen and oxygen atoms in total. The Kier molecular flexibility index (Phi) is 4.78. The SMILES string of the molecule is CN1CC[C@@]2(CCC1=O)CN(C(=O)c1cncc(Cl)c1)CCN2C. The minimum absolute atomic E-state index is 0.0404. The van der Waals surface area contributed by atoms with Crippen LogP contribution in [0, 0.1) is 0 Å². The van der Waals surface area contributed by atoms with E-state index in [0.29, 0.717) is 30.1 Å². The van der Waals surface area contributed by atoms with Crippen molar-refractivity contribution in [2.75, 3.05) is 40.3 Å². The van der Waals surface area contributed by atoms with Gasteiger partial charge in [-0.3, -0.25) is 19.5 Å². The molecule has 0 saturated carbocycles. The van der Waals surface area contributed by atoms with E-state index in [9.17, 15) is 9.59 Å². The van der Waals surface area contributed by atoms with Crippen molar-refractivity contribution in [1.82, 2.24) is 19.7 Å². The molecule has 2 aliphatic rings. The average Bonchev–Trinajstić information content (AvgIpc) is 2.71. The van der Waals surface area contributed by atoms with Crippen LogP contribution >= 0.6 is 11.6 Å². The Bertz CT molecular complexity index is 653. The van der Waals surface area contributed by atoms with Crippen molar-refractivity contribution in [2.45, 2.75) is 24.8 Å². The van der Waals surface area contributed by atoms with E-state index in [0.717, 1.165) is 25.9 Å². The van der Waals surface area contributed by atoms with Crippen molar-refractivity contribution in [2.24, 2.45) is 0 Å². The molecule has 7 heteroatoms. The van der Waals surface area contributed by atoms with Crippen LogP contribution in [0.5, 0.6) is 0 Å². The Hall–Kier alpha value is -1.66. The highest BCUT2D eigenvalue weighted by Crippen LogP contribution is 2.32. The first kappa shape index (κ1) is 17.2. The van der Waals surface area contributed by atoms with E-state index in [2.05, 4.69) is 16.9 Å². The zero-order valence-electron chi connectivity index (χ0n) is 14.2. The smallest absolute Gasteiger partial charge is 0.255 e. The van der Waals surface area contributed by atoms with Crippen LogP contribution in [0.15, 0.2) is 18.5 Å². The van der Waals surface area contributed by atoms with Crippen LogP contribution in [0.2, 0.25) is 5.02 Å². The van der Waals surface area contributed by atoms with Gasteiger partial charge in [0.1, 0.15) is 0 Å². The van der Waals surface area contributed by atoms with Crippen molar-refractivity contribution >= 4 is 23.4 Å². The molecular weight excluding hydrogens is 328 g/mol. The molecule has 0 unspecified atom stereocenters. The molecule has 0 bridgehead atoms. The predicted octanol–water partition coefficient (Wildman–Crippen LogP) is 1.50. The van der Waals surface area contributed by atoms with Gasteiger partial charge in [-0.15, -0.1) is 0 Å². The lowest BCUT2D eigenvalue weighted by atomic mass is 9.86. The number of pyridine rings is 1. The summed E-state index contributed by atoms with van der Waals surface area (Å²) in [5.41, 5.74) is 0.379. The highest BCUT2D eigenvalue weighted by atomic mass is 35.5. The third-order valence-electron chi connectivity index (χ3n) is 5.38. The van der Waals surface area contributed by atoms with Gasteiger partial charge in [0, 0.05) is 57.6 Å². The summed E-state index contributed by atoms with van der Waals surface area (Å²) in [6, 6.07) is 1.66. The fourth-order valence-electron chi connectivity index (χ4n) is 3.64. The molecule has 3 rings (SSSR count). The number of aromatic nitrogens is 1. The molecule has 130 valence electrons. The normalized spacial score (nSPS) is 25.9.